The molecule has 2 rings (SSSR count). The van der Waals surface area contributed by atoms with E-state index in [0.717, 1.165) is 22.2 Å². The summed E-state index contributed by atoms with van der Waals surface area (Å²) in [6.45, 7) is 6.03. The van der Waals surface area contributed by atoms with Gasteiger partial charge in [-0.25, -0.2) is 0 Å². The van der Waals surface area contributed by atoms with Crippen molar-refractivity contribution in [1.82, 2.24) is 20.1 Å². The third-order valence-corrected chi connectivity index (χ3v) is 3.94. The lowest BCUT2D eigenvalue weighted by Crippen LogP contribution is -2.20. The van der Waals surface area contributed by atoms with E-state index in [1.54, 1.807) is 7.05 Å². The minimum Gasteiger partial charge on any atom is -0.358 e. The van der Waals surface area contributed by atoms with Gasteiger partial charge in [0.1, 0.15) is 5.82 Å². The van der Waals surface area contributed by atoms with Crippen LogP contribution in [0.2, 0.25) is 0 Å². The zero-order chi connectivity index (χ0) is 14.7. The zero-order valence-electron chi connectivity index (χ0n) is 12.1. The first-order valence-electron chi connectivity index (χ1n) is 6.36. The summed E-state index contributed by atoms with van der Waals surface area (Å²) in [6, 6.07) is 6.27. The molecule has 20 heavy (non-hydrogen) atoms. The molecule has 1 aromatic carbocycles. The second kappa shape index (κ2) is 6.09. The number of thioether (sulfide) groups is 1. The van der Waals surface area contributed by atoms with Crippen LogP contribution in [-0.4, -0.2) is 33.5 Å². The largest absolute Gasteiger partial charge is 0.358 e. The first kappa shape index (κ1) is 14.6. The molecule has 0 aliphatic rings. The van der Waals surface area contributed by atoms with Crippen LogP contribution in [0, 0.1) is 20.8 Å². The van der Waals surface area contributed by atoms with Crippen LogP contribution >= 0.6 is 11.8 Å². The fourth-order valence-electron chi connectivity index (χ4n) is 1.88. The molecule has 0 spiro atoms. The first-order chi connectivity index (χ1) is 9.52. The van der Waals surface area contributed by atoms with Crippen molar-refractivity contribution in [3.05, 3.63) is 35.2 Å². The van der Waals surface area contributed by atoms with E-state index in [2.05, 4.69) is 47.6 Å². The second-order valence-electron chi connectivity index (χ2n) is 4.62. The van der Waals surface area contributed by atoms with E-state index in [0.29, 0.717) is 5.75 Å². The standard InChI is InChI=1S/C14H18N4OS/c1-9-5-6-10(2)12(7-9)18-11(3)16-17-14(18)20-8-13(19)15-4/h5-7H,8H2,1-4H3,(H,15,19). The quantitative estimate of drug-likeness (QED) is 0.875. The van der Waals surface area contributed by atoms with Crippen molar-refractivity contribution in [2.24, 2.45) is 0 Å². The second-order valence-corrected chi connectivity index (χ2v) is 5.56. The van der Waals surface area contributed by atoms with Crippen molar-refractivity contribution in [2.75, 3.05) is 12.8 Å². The number of rotatable bonds is 4. The van der Waals surface area contributed by atoms with Crippen molar-refractivity contribution < 1.29 is 4.79 Å². The third kappa shape index (κ3) is 3.01. The molecule has 2 aromatic rings. The number of aromatic nitrogens is 3. The Kier molecular flexibility index (Phi) is 4.44. The predicted octanol–water partition coefficient (Wildman–Crippen LogP) is 2.03. The van der Waals surface area contributed by atoms with Crippen LogP contribution in [-0.2, 0) is 4.79 Å². The van der Waals surface area contributed by atoms with Gasteiger partial charge in [0, 0.05) is 7.05 Å². The summed E-state index contributed by atoms with van der Waals surface area (Å²) in [6.07, 6.45) is 0. The van der Waals surface area contributed by atoms with Crippen LogP contribution in [0.5, 0.6) is 0 Å². The van der Waals surface area contributed by atoms with E-state index in [1.807, 2.05) is 11.5 Å². The average molecular weight is 290 g/mol. The van der Waals surface area contributed by atoms with Crippen LogP contribution < -0.4 is 5.32 Å². The van der Waals surface area contributed by atoms with Gasteiger partial charge >= 0.3 is 0 Å². The summed E-state index contributed by atoms with van der Waals surface area (Å²) < 4.78 is 2.00. The highest BCUT2D eigenvalue weighted by atomic mass is 32.2. The van der Waals surface area contributed by atoms with E-state index in [4.69, 9.17) is 0 Å². The van der Waals surface area contributed by atoms with Gasteiger partial charge < -0.3 is 5.32 Å². The van der Waals surface area contributed by atoms with E-state index in [1.165, 1.54) is 17.3 Å². The molecule has 5 nitrogen and oxygen atoms in total. The Labute approximate surface area is 122 Å². The zero-order valence-corrected chi connectivity index (χ0v) is 12.9. The molecule has 106 valence electrons. The van der Waals surface area contributed by atoms with Gasteiger partial charge in [-0.2, -0.15) is 0 Å². The highest BCUT2D eigenvalue weighted by Gasteiger charge is 2.14. The van der Waals surface area contributed by atoms with Crippen LogP contribution in [0.3, 0.4) is 0 Å². The van der Waals surface area contributed by atoms with Crippen LogP contribution in [0.25, 0.3) is 5.69 Å². The highest BCUT2D eigenvalue weighted by Crippen LogP contribution is 2.24. The number of hydrogen-bond acceptors (Lipinski definition) is 4. The number of carbonyl (C=O) groups excluding carboxylic acids is 1. The van der Waals surface area contributed by atoms with E-state index in [-0.39, 0.29) is 5.91 Å². The fraction of sp³-hybridized carbons (Fsp3) is 0.357. The minimum atomic E-state index is -0.0248. The van der Waals surface area contributed by atoms with Crippen LogP contribution in [0.15, 0.2) is 23.4 Å². The maximum atomic E-state index is 11.4. The Morgan fingerprint density at radius 3 is 2.75 bits per heavy atom. The lowest BCUT2D eigenvalue weighted by atomic mass is 10.1. The van der Waals surface area contributed by atoms with Crippen molar-refractivity contribution in [3.8, 4) is 5.69 Å². The molecule has 1 aromatic heterocycles. The monoisotopic (exact) mass is 290 g/mol. The summed E-state index contributed by atoms with van der Waals surface area (Å²) in [5.41, 5.74) is 3.40. The molecular weight excluding hydrogens is 272 g/mol. The molecule has 0 saturated heterocycles. The molecule has 1 N–H and O–H groups in total. The van der Waals surface area contributed by atoms with Crippen molar-refractivity contribution in [1.29, 1.82) is 0 Å². The summed E-state index contributed by atoms with van der Waals surface area (Å²) in [4.78, 5) is 11.4. The minimum absolute atomic E-state index is 0.0248. The van der Waals surface area contributed by atoms with Gasteiger partial charge in [0.05, 0.1) is 11.4 Å². The van der Waals surface area contributed by atoms with Gasteiger partial charge in [0.25, 0.3) is 0 Å². The van der Waals surface area contributed by atoms with Crippen molar-refractivity contribution in [2.45, 2.75) is 25.9 Å². The number of aryl methyl sites for hydroxylation is 3. The molecule has 6 heteroatoms. The number of hydrogen-bond donors (Lipinski definition) is 1. The number of benzene rings is 1. The van der Waals surface area contributed by atoms with Crippen LogP contribution in [0.4, 0.5) is 0 Å². The van der Waals surface area contributed by atoms with Gasteiger partial charge in [-0.05, 0) is 38.0 Å². The number of nitrogens with one attached hydrogen (secondary N) is 1. The number of amides is 1. The normalized spacial score (nSPS) is 10.6. The average Bonchev–Trinajstić information content (AvgIpc) is 2.80. The molecule has 0 bridgehead atoms. The van der Waals surface area contributed by atoms with Crippen LogP contribution in [0.1, 0.15) is 17.0 Å². The lowest BCUT2D eigenvalue weighted by Gasteiger charge is -2.12. The Morgan fingerprint density at radius 1 is 1.30 bits per heavy atom. The van der Waals surface area contributed by atoms with Gasteiger partial charge in [0.2, 0.25) is 5.91 Å². The van der Waals surface area contributed by atoms with Crippen molar-refractivity contribution >= 4 is 17.7 Å². The Bertz CT molecular complexity index is 636. The van der Waals surface area contributed by atoms with E-state index < -0.39 is 0 Å². The van der Waals surface area contributed by atoms with Crippen molar-refractivity contribution in [3.63, 3.8) is 0 Å². The molecule has 0 atom stereocenters. The maximum Gasteiger partial charge on any atom is 0.230 e. The SMILES string of the molecule is CNC(=O)CSc1nnc(C)n1-c1cc(C)ccc1C. The summed E-state index contributed by atoms with van der Waals surface area (Å²) in [5, 5.41) is 11.6. The van der Waals surface area contributed by atoms with E-state index >= 15 is 0 Å². The van der Waals surface area contributed by atoms with Gasteiger partial charge in [-0.1, -0.05) is 23.9 Å². The number of nitrogens with zero attached hydrogens (tertiary/aromatic N) is 3. The molecule has 1 amide bonds. The molecule has 0 radical (unpaired) electrons. The molecule has 0 aliphatic heterocycles. The topological polar surface area (TPSA) is 59.8 Å². The summed E-state index contributed by atoms with van der Waals surface area (Å²) in [7, 11) is 1.63. The molecule has 1 heterocycles. The van der Waals surface area contributed by atoms with Gasteiger partial charge in [0.15, 0.2) is 5.16 Å². The fourth-order valence-corrected chi connectivity index (χ4v) is 2.74. The summed E-state index contributed by atoms with van der Waals surface area (Å²) in [5.74, 6) is 1.13. The Morgan fingerprint density at radius 2 is 2.05 bits per heavy atom. The molecule has 0 unspecified atom stereocenters. The maximum absolute atomic E-state index is 11.4. The molecular formula is C14H18N4OS. The Hall–Kier alpha value is -1.82. The molecule has 0 saturated carbocycles. The third-order valence-electron chi connectivity index (χ3n) is 3.01. The highest BCUT2D eigenvalue weighted by molar-refractivity contribution is 7.99. The number of carbonyl (C=O) groups is 1. The Balaban J connectivity index is 2.38. The van der Waals surface area contributed by atoms with Gasteiger partial charge in [-0.3, -0.25) is 9.36 Å². The first-order valence-corrected chi connectivity index (χ1v) is 7.34. The molecule has 0 aliphatic carbocycles. The molecule has 0 fully saturated rings. The predicted molar refractivity (Wildman–Crippen MR) is 80.4 cm³/mol. The lowest BCUT2D eigenvalue weighted by molar-refractivity contribution is -0.118. The van der Waals surface area contributed by atoms with E-state index in [9.17, 15) is 4.79 Å². The smallest absolute Gasteiger partial charge is 0.230 e. The van der Waals surface area contributed by atoms with Gasteiger partial charge in [-0.15, -0.1) is 10.2 Å². The summed E-state index contributed by atoms with van der Waals surface area (Å²) >= 11 is 1.39.